The first-order valence-electron chi connectivity index (χ1n) is 10.4. The van der Waals surface area contributed by atoms with Crippen LogP contribution in [-0.4, -0.2) is 18.3 Å². The maximum absolute atomic E-state index is 12.5. The SMILES string of the molecule is CCCCCCCCOc1ccc([C@H]2SCC(=O)N2c2ccc(C)cc2)cc1. The highest BCUT2D eigenvalue weighted by atomic mass is 32.2. The number of carbonyl (C=O) groups excluding carboxylic acids is 1. The first-order chi connectivity index (χ1) is 13.7. The lowest BCUT2D eigenvalue weighted by molar-refractivity contribution is -0.115. The van der Waals surface area contributed by atoms with Gasteiger partial charge in [0.15, 0.2) is 0 Å². The van der Waals surface area contributed by atoms with Gasteiger partial charge >= 0.3 is 0 Å². The summed E-state index contributed by atoms with van der Waals surface area (Å²) in [5, 5.41) is 0.0304. The molecule has 2 aromatic carbocycles. The Labute approximate surface area is 173 Å². The van der Waals surface area contributed by atoms with Gasteiger partial charge in [0.1, 0.15) is 11.1 Å². The van der Waals surface area contributed by atoms with Crippen LogP contribution in [0.3, 0.4) is 0 Å². The van der Waals surface area contributed by atoms with Gasteiger partial charge in [-0.15, -0.1) is 11.8 Å². The van der Waals surface area contributed by atoms with Gasteiger partial charge in [-0.2, -0.15) is 0 Å². The molecule has 2 aromatic rings. The second kappa shape index (κ2) is 10.6. The zero-order valence-electron chi connectivity index (χ0n) is 17.0. The van der Waals surface area contributed by atoms with E-state index in [4.69, 9.17) is 4.74 Å². The third-order valence-electron chi connectivity index (χ3n) is 5.11. The third kappa shape index (κ3) is 5.54. The molecule has 0 unspecified atom stereocenters. The maximum Gasteiger partial charge on any atom is 0.238 e. The maximum atomic E-state index is 12.5. The van der Waals surface area contributed by atoms with Crippen LogP contribution in [0.15, 0.2) is 48.5 Å². The second-order valence-corrected chi connectivity index (χ2v) is 8.52. The molecule has 0 saturated carbocycles. The van der Waals surface area contributed by atoms with E-state index < -0.39 is 0 Å². The van der Waals surface area contributed by atoms with E-state index in [2.05, 4.69) is 38.1 Å². The lowest BCUT2D eigenvalue weighted by Gasteiger charge is -2.24. The Morgan fingerprint density at radius 3 is 2.36 bits per heavy atom. The second-order valence-electron chi connectivity index (χ2n) is 7.45. The molecule has 0 bridgehead atoms. The molecule has 4 heteroatoms. The quantitative estimate of drug-likeness (QED) is 0.428. The van der Waals surface area contributed by atoms with Crippen LogP contribution in [0.25, 0.3) is 0 Å². The molecule has 1 heterocycles. The molecule has 3 nitrogen and oxygen atoms in total. The fraction of sp³-hybridized carbons (Fsp3) is 0.458. The van der Waals surface area contributed by atoms with Crippen LogP contribution in [0.4, 0.5) is 5.69 Å². The molecular formula is C24H31NO2S. The number of hydrogen-bond donors (Lipinski definition) is 0. The number of nitrogens with zero attached hydrogens (tertiary/aromatic N) is 1. The Hall–Kier alpha value is -1.94. The molecular weight excluding hydrogens is 366 g/mol. The number of benzene rings is 2. The monoisotopic (exact) mass is 397 g/mol. The molecule has 150 valence electrons. The normalized spacial score (nSPS) is 16.6. The number of thioether (sulfide) groups is 1. The average Bonchev–Trinajstić information content (AvgIpc) is 3.10. The summed E-state index contributed by atoms with van der Waals surface area (Å²) in [5.74, 6) is 1.60. The summed E-state index contributed by atoms with van der Waals surface area (Å²) in [5.41, 5.74) is 3.31. The van der Waals surface area contributed by atoms with Crippen LogP contribution in [0.2, 0.25) is 0 Å². The number of carbonyl (C=O) groups is 1. The minimum Gasteiger partial charge on any atom is -0.494 e. The molecule has 1 aliphatic heterocycles. The predicted octanol–water partition coefficient (Wildman–Crippen LogP) is 6.51. The molecule has 1 saturated heterocycles. The molecule has 1 atom stereocenters. The number of aryl methyl sites for hydroxylation is 1. The number of anilines is 1. The van der Waals surface area contributed by atoms with Crippen LogP contribution >= 0.6 is 11.8 Å². The third-order valence-corrected chi connectivity index (χ3v) is 6.32. The summed E-state index contributed by atoms with van der Waals surface area (Å²) in [6.45, 7) is 5.08. The van der Waals surface area contributed by atoms with Gasteiger partial charge in [-0.05, 0) is 43.2 Å². The van der Waals surface area contributed by atoms with Crippen LogP contribution < -0.4 is 9.64 Å². The van der Waals surface area contributed by atoms with Gasteiger partial charge in [0, 0.05) is 5.69 Å². The Kier molecular flexibility index (Phi) is 7.84. The van der Waals surface area contributed by atoms with Crippen LogP contribution in [-0.2, 0) is 4.79 Å². The number of ether oxygens (including phenoxy) is 1. The van der Waals surface area contributed by atoms with E-state index in [1.165, 1.54) is 37.7 Å². The molecule has 0 aliphatic carbocycles. The van der Waals surface area contributed by atoms with Crippen molar-refractivity contribution in [1.29, 1.82) is 0 Å². The number of amides is 1. The standard InChI is InChI=1S/C24H31NO2S/c1-3-4-5-6-7-8-17-27-22-15-11-20(12-16-22)24-25(23(26)18-28-24)21-13-9-19(2)10-14-21/h9-16,24H,3-8,17-18H2,1-2H3/t24-/m1/s1. The summed E-state index contributed by atoms with van der Waals surface area (Å²) < 4.78 is 5.89. The molecule has 0 spiro atoms. The van der Waals surface area contributed by atoms with Crippen molar-refractivity contribution in [3.8, 4) is 5.75 Å². The number of hydrogen-bond acceptors (Lipinski definition) is 3. The summed E-state index contributed by atoms with van der Waals surface area (Å²) in [4.78, 5) is 14.4. The highest BCUT2D eigenvalue weighted by Crippen LogP contribution is 2.42. The van der Waals surface area contributed by atoms with E-state index in [0.29, 0.717) is 5.75 Å². The predicted molar refractivity (Wildman–Crippen MR) is 119 cm³/mol. The van der Waals surface area contributed by atoms with E-state index in [0.717, 1.165) is 30.0 Å². The van der Waals surface area contributed by atoms with E-state index in [1.807, 2.05) is 29.2 Å². The lowest BCUT2D eigenvalue weighted by Crippen LogP contribution is -2.27. The molecule has 0 aromatic heterocycles. The highest BCUT2D eigenvalue weighted by Gasteiger charge is 2.33. The fourth-order valence-corrected chi connectivity index (χ4v) is 4.63. The van der Waals surface area contributed by atoms with Gasteiger partial charge in [-0.25, -0.2) is 0 Å². The molecule has 3 rings (SSSR count). The Morgan fingerprint density at radius 2 is 1.64 bits per heavy atom. The zero-order valence-corrected chi connectivity index (χ0v) is 17.8. The Morgan fingerprint density at radius 1 is 0.964 bits per heavy atom. The molecule has 1 fully saturated rings. The van der Waals surface area contributed by atoms with E-state index in [-0.39, 0.29) is 11.3 Å². The minimum absolute atomic E-state index is 0.0304. The van der Waals surface area contributed by atoms with Gasteiger partial charge < -0.3 is 4.74 Å². The number of rotatable bonds is 10. The molecule has 1 amide bonds. The van der Waals surface area contributed by atoms with Crippen molar-refractivity contribution < 1.29 is 9.53 Å². The van der Waals surface area contributed by atoms with E-state index in [9.17, 15) is 4.79 Å². The highest BCUT2D eigenvalue weighted by molar-refractivity contribution is 8.00. The Balaban J connectivity index is 1.55. The molecule has 1 aliphatic rings. The molecule has 28 heavy (non-hydrogen) atoms. The fourth-order valence-electron chi connectivity index (χ4n) is 3.46. The summed E-state index contributed by atoms with van der Waals surface area (Å²) >= 11 is 1.68. The van der Waals surface area contributed by atoms with Crippen LogP contribution in [0.5, 0.6) is 5.75 Å². The summed E-state index contributed by atoms with van der Waals surface area (Å²) in [6.07, 6.45) is 7.61. The van der Waals surface area contributed by atoms with Crippen molar-refractivity contribution in [2.45, 2.75) is 57.7 Å². The zero-order chi connectivity index (χ0) is 19.8. The van der Waals surface area contributed by atoms with Gasteiger partial charge in [0.05, 0.1) is 12.4 Å². The van der Waals surface area contributed by atoms with Crippen molar-refractivity contribution >= 4 is 23.4 Å². The smallest absolute Gasteiger partial charge is 0.238 e. The molecule has 0 N–H and O–H groups in total. The van der Waals surface area contributed by atoms with Gasteiger partial charge in [0.25, 0.3) is 0 Å². The van der Waals surface area contributed by atoms with Crippen molar-refractivity contribution in [3.05, 3.63) is 59.7 Å². The number of unbranched alkanes of at least 4 members (excludes halogenated alkanes) is 5. The van der Waals surface area contributed by atoms with Crippen molar-refractivity contribution in [2.75, 3.05) is 17.3 Å². The molecule has 0 radical (unpaired) electrons. The van der Waals surface area contributed by atoms with E-state index in [1.54, 1.807) is 11.8 Å². The Bertz CT molecular complexity index is 742. The topological polar surface area (TPSA) is 29.5 Å². The van der Waals surface area contributed by atoms with Gasteiger partial charge in [-0.3, -0.25) is 9.69 Å². The van der Waals surface area contributed by atoms with Crippen LogP contribution in [0.1, 0.15) is 61.9 Å². The first-order valence-corrected chi connectivity index (χ1v) is 11.5. The summed E-state index contributed by atoms with van der Waals surface area (Å²) in [6, 6.07) is 16.4. The summed E-state index contributed by atoms with van der Waals surface area (Å²) in [7, 11) is 0. The van der Waals surface area contributed by atoms with Crippen molar-refractivity contribution in [2.24, 2.45) is 0 Å². The average molecular weight is 398 g/mol. The van der Waals surface area contributed by atoms with Crippen molar-refractivity contribution in [3.63, 3.8) is 0 Å². The lowest BCUT2D eigenvalue weighted by atomic mass is 10.1. The van der Waals surface area contributed by atoms with Gasteiger partial charge in [-0.1, -0.05) is 68.9 Å². The van der Waals surface area contributed by atoms with Gasteiger partial charge in [0.2, 0.25) is 5.91 Å². The minimum atomic E-state index is 0.0304. The first kappa shape index (κ1) is 20.8. The van der Waals surface area contributed by atoms with Crippen LogP contribution in [0, 0.1) is 6.92 Å². The van der Waals surface area contributed by atoms with Crippen molar-refractivity contribution in [1.82, 2.24) is 0 Å². The largest absolute Gasteiger partial charge is 0.494 e. The van der Waals surface area contributed by atoms with E-state index >= 15 is 0 Å².